The molecule has 72 valence electrons. The van der Waals surface area contributed by atoms with E-state index in [0.29, 0.717) is 11.5 Å². The summed E-state index contributed by atoms with van der Waals surface area (Å²) in [6.07, 6.45) is 13.3. The molecule has 1 heteroatoms. The normalized spacial score (nSPS) is 31.5. The van der Waals surface area contributed by atoms with Crippen molar-refractivity contribution in [2.24, 2.45) is 5.41 Å². The monoisotopic (exact) mass is 177 g/mol. The minimum absolute atomic E-state index is 0.507. The summed E-state index contributed by atoms with van der Waals surface area (Å²) in [6, 6.07) is 1.29. The van der Waals surface area contributed by atoms with Crippen molar-refractivity contribution in [1.82, 2.24) is 5.32 Å². The third-order valence-electron chi connectivity index (χ3n) is 3.93. The van der Waals surface area contributed by atoms with E-state index >= 15 is 0 Å². The van der Waals surface area contributed by atoms with Crippen LogP contribution in [0.15, 0.2) is 0 Å². The molecule has 0 heterocycles. The van der Waals surface area contributed by atoms with E-state index in [0.717, 1.165) is 12.5 Å². The van der Waals surface area contributed by atoms with Gasteiger partial charge in [0.05, 0.1) is 0 Å². The first-order valence-electron chi connectivity index (χ1n) is 5.46. The van der Waals surface area contributed by atoms with E-state index in [-0.39, 0.29) is 0 Å². The summed E-state index contributed by atoms with van der Waals surface area (Å²) < 4.78 is 0. The first-order valence-corrected chi connectivity index (χ1v) is 5.46. The average molecular weight is 177 g/mol. The molecular formula is C12H19N. The van der Waals surface area contributed by atoms with E-state index in [2.05, 4.69) is 18.2 Å². The van der Waals surface area contributed by atoms with Crippen molar-refractivity contribution in [2.45, 2.75) is 57.5 Å². The molecule has 2 saturated carbocycles. The molecule has 1 nitrogen and oxygen atoms in total. The smallest absolute Gasteiger partial charge is 0.0238 e. The second kappa shape index (κ2) is 3.35. The topological polar surface area (TPSA) is 12.0 Å². The van der Waals surface area contributed by atoms with Crippen LogP contribution in [0.2, 0.25) is 0 Å². The molecule has 2 fully saturated rings. The van der Waals surface area contributed by atoms with Crippen LogP contribution in [0.3, 0.4) is 0 Å². The predicted octanol–water partition coefficient (Wildman–Crippen LogP) is 2.32. The van der Waals surface area contributed by atoms with Crippen LogP contribution in [0.25, 0.3) is 0 Å². The Bertz CT molecular complexity index is 216. The highest BCUT2D eigenvalue weighted by Gasteiger charge is 2.50. The fourth-order valence-electron chi connectivity index (χ4n) is 2.77. The Balaban J connectivity index is 1.79. The lowest BCUT2D eigenvalue weighted by molar-refractivity contribution is -0.0215. The lowest BCUT2D eigenvalue weighted by atomic mass is 9.53. The molecular weight excluding hydrogens is 158 g/mol. The number of hydrogen-bond donors (Lipinski definition) is 1. The zero-order valence-corrected chi connectivity index (χ0v) is 8.47. The van der Waals surface area contributed by atoms with Gasteiger partial charge in [0.1, 0.15) is 0 Å². The molecule has 0 aliphatic heterocycles. The SMILES string of the molecule is C#CCC(C)NC1CCC12CCC2. The lowest BCUT2D eigenvalue weighted by Gasteiger charge is -2.57. The Hall–Kier alpha value is -0.480. The van der Waals surface area contributed by atoms with Gasteiger partial charge in [-0.05, 0) is 38.0 Å². The van der Waals surface area contributed by atoms with E-state index in [1.165, 1.54) is 32.1 Å². The Morgan fingerprint density at radius 2 is 2.31 bits per heavy atom. The van der Waals surface area contributed by atoms with Gasteiger partial charge in [-0.1, -0.05) is 6.42 Å². The molecule has 2 atom stereocenters. The van der Waals surface area contributed by atoms with Crippen LogP contribution < -0.4 is 5.32 Å². The van der Waals surface area contributed by atoms with Gasteiger partial charge in [0.15, 0.2) is 0 Å². The highest BCUT2D eigenvalue weighted by molar-refractivity contribution is 5.06. The molecule has 0 aromatic carbocycles. The van der Waals surface area contributed by atoms with Crippen molar-refractivity contribution in [1.29, 1.82) is 0 Å². The van der Waals surface area contributed by atoms with Crippen molar-refractivity contribution >= 4 is 0 Å². The molecule has 2 aliphatic carbocycles. The van der Waals surface area contributed by atoms with Crippen LogP contribution in [0.5, 0.6) is 0 Å². The molecule has 0 bridgehead atoms. The molecule has 2 aliphatic rings. The molecule has 13 heavy (non-hydrogen) atoms. The van der Waals surface area contributed by atoms with Crippen molar-refractivity contribution in [2.75, 3.05) is 0 Å². The number of hydrogen-bond acceptors (Lipinski definition) is 1. The Morgan fingerprint density at radius 1 is 1.54 bits per heavy atom. The van der Waals surface area contributed by atoms with Gasteiger partial charge in [-0.25, -0.2) is 0 Å². The molecule has 0 aromatic heterocycles. The van der Waals surface area contributed by atoms with Gasteiger partial charge in [0.25, 0.3) is 0 Å². The van der Waals surface area contributed by atoms with Crippen LogP contribution >= 0.6 is 0 Å². The first-order chi connectivity index (χ1) is 6.27. The lowest BCUT2D eigenvalue weighted by Crippen LogP contribution is -2.58. The second-order valence-electron chi connectivity index (χ2n) is 4.78. The number of nitrogens with one attached hydrogen (secondary N) is 1. The van der Waals surface area contributed by atoms with Crippen LogP contribution in [-0.2, 0) is 0 Å². The standard InChI is InChI=1S/C12H19N/c1-3-5-10(2)13-11-6-9-12(11)7-4-8-12/h1,10-11,13H,4-9H2,2H3. The van der Waals surface area contributed by atoms with E-state index in [9.17, 15) is 0 Å². The summed E-state index contributed by atoms with van der Waals surface area (Å²) in [6.45, 7) is 2.20. The summed E-state index contributed by atoms with van der Waals surface area (Å²) in [5.41, 5.74) is 0.711. The predicted molar refractivity (Wildman–Crippen MR) is 55.4 cm³/mol. The van der Waals surface area contributed by atoms with Gasteiger partial charge < -0.3 is 5.32 Å². The highest BCUT2D eigenvalue weighted by atomic mass is 15.0. The summed E-state index contributed by atoms with van der Waals surface area (Å²) in [5.74, 6) is 2.72. The minimum atomic E-state index is 0.507. The molecule has 2 unspecified atom stereocenters. The van der Waals surface area contributed by atoms with Crippen molar-refractivity contribution in [3.63, 3.8) is 0 Å². The highest BCUT2D eigenvalue weighted by Crippen LogP contribution is 2.55. The maximum atomic E-state index is 5.29. The Labute approximate surface area is 81.3 Å². The van der Waals surface area contributed by atoms with Crippen LogP contribution in [0, 0.1) is 17.8 Å². The Morgan fingerprint density at radius 3 is 2.69 bits per heavy atom. The van der Waals surface area contributed by atoms with Gasteiger partial charge >= 0.3 is 0 Å². The third kappa shape index (κ3) is 1.48. The van der Waals surface area contributed by atoms with E-state index in [1.54, 1.807) is 0 Å². The van der Waals surface area contributed by atoms with Gasteiger partial charge in [0.2, 0.25) is 0 Å². The average Bonchev–Trinajstić information content (AvgIpc) is 1.96. The molecule has 2 rings (SSSR count). The largest absolute Gasteiger partial charge is 0.310 e. The van der Waals surface area contributed by atoms with E-state index in [4.69, 9.17) is 6.42 Å². The quantitative estimate of drug-likeness (QED) is 0.652. The fraction of sp³-hybridized carbons (Fsp3) is 0.833. The Kier molecular flexibility index (Phi) is 2.34. The molecule has 0 saturated heterocycles. The number of rotatable bonds is 3. The molecule has 1 spiro atoms. The van der Waals surface area contributed by atoms with Gasteiger partial charge in [-0.2, -0.15) is 0 Å². The van der Waals surface area contributed by atoms with Crippen molar-refractivity contribution in [3.05, 3.63) is 0 Å². The summed E-state index contributed by atoms with van der Waals surface area (Å²) >= 11 is 0. The third-order valence-corrected chi connectivity index (χ3v) is 3.93. The summed E-state index contributed by atoms with van der Waals surface area (Å²) in [5, 5.41) is 3.67. The number of terminal acetylenes is 1. The molecule has 0 aromatic rings. The maximum Gasteiger partial charge on any atom is 0.0238 e. The summed E-state index contributed by atoms with van der Waals surface area (Å²) in [7, 11) is 0. The van der Waals surface area contributed by atoms with E-state index < -0.39 is 0 Å². The summed E-state index contributed by atoms with van der Waals surface area (Å²) in [4.78, 5) is 0. The molecule has 1 N–H and O–H groups in total. The van der Waals surface area contributed by atoms with E-state index in [1.807, 2.05) is 0 Å². The first kappa shape index (κ1) is 9.09. The van der Waals surface area contributed by atoms with Crippen LogP contribution in [0.1, 0.15) is 45.4 Å². The second-order valence-corrected chi connectivity index (χ2v) is 4.78. The molecule has 0 radical (unpaired) electrons. The van der Waals surface area contributed by atoms with Crippen LogP contribution in [0.4, 0.5) is 0 Å². The minimum Gasteiger partial charge on any atom is -0.310 e. The van der Waals surface area contributed by atoms with Crippen LogP contribution in [-0.4, -0.2) is 12.1 Å². The molecule has 0 amide bonds. The van der Waals surface area contributed by atoms with Crippen molar-refractivity contribution in [3.8, 4) is 12.3 Å². The van der Waals surface area contributed by atoms with Gasteiger partial charge in [-0.3, -0.25) is 0 Å². The zero-order valence-electron chi connectivity index (χ0n) is 8.47. The van der Waals surface area contributed by atoms with Gasteiger partial charge in [0, 0.05) is 18.5 Å². The van der Waals surface area contributed by atoms with Crippen molar-refractivity contribution < 1.29 is 0 Å². The maximum absolute atomic E-state index is 5.29. The zero-order chi connectivity index (χ0) is 9.31. The fourth-order valence-corrected chi connectivity index (χ4v) is 2.77. The van der Waals surface area contributed by atoms with Gasteiger partial charge in [-0.15, -0.1) is 12.3 Å².